The monoisotopic (exact) mass is 204 g/mol. The third kappa shape index (κ3) is 2.29. The molecular weight excluding hydrogens is 190 g/mol. The van der Waals surface area contributed by atoms with Gasteiger partial charge in [0.2, 0.25) is 0 Å². The van der Waals surface area contributed by atoms with Crippen molar-refractivity contribution in [2.75, 3.05) is 7.11 Å². The lowest BCUT2D eigenvalue weighted by molar-refractivity contribution is 0.0245. The van der Waals surface area contributed by atoms with Gasteiger partial charge in [-0.3, -0.25) is 4.52 Å². The van der Waals surface area contributed by atoms with E-state index in [0.717, 1.165) is 6.42 Å². The van der Waals surface area contributed by atoms with Gasteiger partial charge in [-0.05, 0) is 6.42 Å². The summed E-state index contributed by atoms with van der Waals surface area (Å²) in [4.78, 5) is 0. The smallest absolute Gasteiger partial charge is 0.327 e. The molecule has 0 aliphatic carbocycles. The molecule has 1 aliphatic rings. The van der Waals surface area contributed by atoms with Crippen LogP contribution in [-0.4, -0.2) is 39.3 Å². The summed E-state index contributed by atoms with van der Waals surface area (Å²) >= 11 is 0. The highest BCUT2D eigenvalue weighted by molar-refractivity contribution is 7.17. The van der Waals surface area contributed by atoms with Gasteiger partial charge in [-0.2, -0.15) is 0 Å². The normalized spacial score (nSPS) is 39.8. The summed E-state index contributed by atoms with van der Waals surface area (Å²) < 4.78 is 26.2. The molecule has 0 spiro atoms. The van der Waals surface area contributed by atoms with Crippen molar-refractivity contribution in [1.29, 1.82) is 0 Å². The first-order valence-corrected chi connectivity index (χ1v) is 5.14. The van der Waals surface area contributed by atoms with E-state index in [2.05, 4.69) is 0 Å². The van der Waals surface area contributed by atoms with E-state index in [1.807, 2.05) is 14.8 Å². The Bertz CT molecular complexity index is 180. The molecule has 0 saturated carbocycles. The number of ether oxygens (including phenoxy) is 2. The molecule has 1 aliphatic heterocycles. The zero-order valence-corrected chi connectivity index (χ0v) is 8.99. The van der Waals surface area contributed by atoms with E-state index in [0.29, 0.717) is 0 Å². The number of hydrogen-bond donors (Lipinski definition) is 0. The number of methoxy groups -OCH3 is 1. The molecule has 13 heavy (non-hydrogen) atoms. The molecule has 1 rings (SSSR count). The second-order valence-corrected chi connectivity index (χ2v) is 3.49. The summed E-state index contributed by atoms with van der Waals surface area (Å²) in [5.74, 6) is 0. The topological polar surface area (TPSA) is 44.8 Å². The van der Waals surface area contributed by atoms with Gasteiger partial charge in [0.15, 0.2) is 0 Å². The lowest BCUT2D eigenvalue weighted by atomic mass is 9.92. The van der Waals surface area contributed by atoms with Crippen LogP contribution in [-0.2, 0) is 18.6 Å². The van der Waals surface area contributed by atoms with E-state index >= 15 is 0 Å². The average Bonchev–Trinajstić information content (AvgIpc) is 2.43. The van der Waals surface area contributed by atoms with E-state index in [-0.39, 0.29) is 33.0 Å². The Morgan fingerprint density at radius 3 is 2.69 bits per heavy atom. The van der Waals surface area contributed by atoms with Crippen LogP contribution in [0.1, 0.15) is 13.3 Å². The predicted octanol–water partition coefficient (Wildman–Crippen LogP) is 0.361. The minimum absolute atomic E-state index is 0.00157. The van der Waals surface area contributed by atoms with Crippen molar-refractivity contribution in [3.63, 3.8) is 0 Å². The Kier molecular flexibility index (Phi) is 4.33. The first kappa shape index (κ1) is 11.1. The summed E-state index contributed by atoms with van der Waals surface area (Å²) in [5, 5.41) is 0. The molecule has 1 fully saturated rings. The van der Waals surface area contributed by atoms with Crippen LogP contribution in [0.25, 0.3) is 0 Å². The van der Waals surface area contributed by atoms with Crippen LogP contribution >= 0.6 is 8.69 Å². The number of hydrogen-bond acceptors (Lipinski definition) is 4. The van der Waals surface area contributed by atoms with Crippen LogP contribution < -0.4 is 0 Å². The first-order chi connectivity index (χ1) is 6.24. The summed E-state index contributed by atoms with van der Waals surface area (Å²) in [6.45, 7) is 2.01. The molecule has 1 heterocycles. The number of rotatable bonds is 4. The van der Waals surface area contributed by atoms with Crippen molar-refractivity contribution < 1.29 is 18.6 Å². The Morgan fingerprint density at radius 2 is 2.23 bits per heavy atom. The molecule has 6 heteroatoms. The van der Waals surface area contributed by atoms with Crippen molar-refractivity contribution in [3.8, 4) is 0 Å². The van der Waals surface area contributed by atoms with Crippen LogP contribution in [0.3, 0.4) is 0 Å². The largest absolute Gasteiger partial charge is 0.378 e. The molecule has 1 saturated heterocycles. The van der Waals surface area contributed by atoms with E-state index in [1.54, 1.807) is 7.11 Å². The van der Waals surface area contributed by atoms with Crippen LogP contribution in [0.5, 0.6) is 0 Å². The van der Waals surface area contributed by atoms with Crippen LogP contribution in [0.15, 0.2) is 0 Å². The van der Waals surface area contributed by atoms with Gasteiger partial charge >= 0.3 is 8.69 Å². The third-order valence-corrected chi connectivity index (χ3v) is 2.71. The molecule has 0 amide bonds. The van der Waals surface area contributed by atoms with Gasteiger partial charge in [-0.15, -0.1) is 0 Å². The van der Waals surface area contributed by atoms with Gasteiger partial charge in [0.1, 0.15) is 20.1 Å². The molecule has 0 aromatic carbocycles. The van der Waals surface area contributed by atoms with E-state index in [1.165, 1.54) is 0 Å². The van der Waals surface area contributed by atoms with Gasteiger partial charge in [-0.25, -0.2) is 4.57 Å². The predicted molar refractivity (Wildman–Crippen MR) is 50.8 cm³/mol. The minimum atomic E-state index is -0.311. The van der Waals surface area contributed by atoms with Gasteiger partial charge in [0, 0.05) is 7.11 Å². The maximum absolute atomic E-state index is 10.4. The maximum Gasteiger partial charge on any atom is 0.327 e. The summed E-state index contributed by atoms with van der Waals surface area (Å²) in [6, 6.07) is 0.00157. The molecule has 0 N–H and O–H groups in total. The van der Waals surface area contributed by atoms with Crippen molar-refractivity contribution in [1.82, 2.24) is 0 Å². The molecule has 0 bridgehead atoms. The van der Waals surface area contributed by atoms with Crippen LogP contribution in [0, 0.1) is 0 Å². The van der Waals surface area contributed by atoms with Crippen LogP contribution in [0.4, 0.5) is 0 Å². The van der Waals surface area contributed by atoms with E-state index < -0.39 is 0 Å². The van der Waals surface area contributed by atoms with Gasteiger partial charge < -0.3 is 9.47 Å². The standard InChI is InChI=1S/C7H14BO4P/c1-3-4-5(12-13-9)6(10-2)7(8)11-4/h4-7H,3,8H2,1-2H3/t4-,5?,6+,7-/m1/s1. The fraction of sp³-hybridized carbons (Fsp3) is 1.00. The highest BCUT2D eigenvalue weighted by Gasteiger charge is 2.42. The molecule has 0 aromatic rings. The molecule has 74 valence electrons. The quantitative estimate of drug-likeness (QED) is 0.489. The van der Waals surface area contributed by atoms with Crippen LogP contribution in [0.2, 0.25) is 0 Å². The fourth-order valence-electron chi connectivity index (χ4n) is 1.74. The Hall–Kier alpha value is 0.0449. The highest BCUT2D eigenvalue weighted by Crippen LogP contribution is 2.28. The third-order valence-electron chi connectivity index (χ3n) is 2.38. The lowest BCUT2D eigenvalue weighted by Gasteiger charge is -2.18. The average molecular weight is 204 g/mol. The summed E-state index contributed by atoms with van der Waals surface area (Å²) in [7, 11) is 3.23. The molecule has 4 atom stereocenters. The molecule has 0 aromatic heterocycles. The Morgan fingerprint density at radius 1 is 1.54 bits per heavy atom. The molecular formula is C7H14BO4P. The maximum atomic E-state index is 10.4. The molecule has 4 nitrogen and oxygen atoms in total. The van der Waals surface area contributed by atoms with E-state index in [4.69, 9.17) is 14.0 Å². The van der Waals surface area contributed by atoms with Gasteiger partial charge in [0.25, 0.3) is 0 Å². The Balaban J connectivity index is 2.65. The minimum Gasteiger partial charge on any atom is -0.378 e. The first-order valence-electron chi connectivity index (χ1n) is 4.41. The second kappa shape index (κ2) is 5.06. The highest BCUT2D eigenvalue weighted by atomic mass is 31.1. The zero-order chi connectivity index (χ0) is 9.84. The Labute approximate surface area is 80.6 Å². The molecule has 1 unspecified atom stereocenters. The fourth-order valence-corrected chi connectivity index (χ4v) is 2.10. The van der Waals surface area contributed by atoms with Gasteiger partial charge in [-0.1, -0.05) is 6.92 Å². The second-order valence-electron chi connectivity index (χ2n) is 3.13. The SMILES string of the molecule is B[C@@H]1O[C@H](CC)C(OP=O)[C@@H]1OC. The summed E-state index contributed by atoms with van der Waals surface area (Å²) in [6.07, 6.45) is 0.488. The lowest BCUT2D eigenvalue weighted by Crippen LogP contribution is -2.35. The van der Waals surface area contributed by atoms with Gasteiger partial charge in [0.05, 0.1) is 12.1 Å². The van der Waals surface area contributed by atoms with Crippen molar-refractivity contribution in [2.24, 2.45) is 0 Å². The summed E-state index contributed by atoms with van der Waals surface area (Å²) in [5.41, 5.74) is 0. The zero-order valence-electron chi connectivity index (χ0n) is 8.10. The van der Waals surface area contributed by atoms with Crippen molar-refractivity contribution in [2.45, 2.75) is 37.7 Å². The van der Waals surface area contributed by atoms with E-state index in [9.17, 15) is 4.57 Å². The van der Waals surface area contributed by atoms with Crippen molar-refractivity contribution >= 4 is 16.5 Å². The molecule has 0 radical (unpaired) electrons. The van der Waals surface area contributed by atoms with Crippen molar-refractivity contribution in [3.05, 3.63) is 0 Å².